The Bertz CT molecular complexity index is 312. The Balaban J connectivity index is 2.37. The number of carbonyl (C=O) groups is 2. The van der Waals surface area contributed by atoms with Gasteiger partial charge in [-0.1, -0.05) is 0 Å². The summed E-state index contributed by atoms with van der Waals surface area (Å²) in [6, 6.07) is -0.740. The van der Waals surface area contributed by atoms with Crippen LogP contribution in [0, 0.1) is 0 Å². The fourth-order valence-corrected chi connectivity index (χ4v) is 1.57. The predicted molar refractivity (Wildman–Crippen MR) is 57.7 cm³/mol. The Morgan fingerprint density at radius 1 is 1.56 bits per heavy atom. The van der Waals surface area contributed by atoms with Crippen molar-refractivity contribution in [1.29, 1.82) is 0 Å². The van der Waals surface area contributed by atoms with Gasteiger partial charge in [0.05, 0.1) is 0 Å². The highest BCUT2D eigenvalue weighted by molar-refractivity contribution is 5.87. The van der Waals surface area contributed by atoms with Crippen LogP contribution in [0.1, 0.15) is 19.3 Å². The van der Waals surface area contributed by atoms with E-state index in [0.29, 0.717) is 32.4 Å². The molecule has 0 saturated carbocycles. The summed E-state index contributed by atoms with van der Waals surface area (Å²) >= 11 is 0. The van der Waals surface area contributed by atoms with Crippen molar-refractivity contribution >= 4 is 17.8 Å². The Kier molecular flexibility index (Phi) is 4.10. The zero-order chi connectivity index (χ0) is 12.1. The molecule has 0 unspecified atom stereocenters. The normalized spacial score (nSPS) is 16.5. The van der Waals surface area contributed by atoms with Gasteiger partial charge in [0, 0.05) is 19.5 Å². The molecule has 1 amide bonds. The van der Waals surface area contributed by atoms with Crippen molar-refractivity contribution in [2.75, 3.05) is 13.1 Å². The van der Waals surface area contributed by atoms with Gasteiger partial charge in [-0.05, 0) is 12.8 Å². The average Bonchev–Trinajstić information content (AvgIpc) is 2.19. The molecule has 5 N–H and O–H groups in total. The molecule has 7 nitrogen and oxygen atoms in total. The van der Waals surface area contributed by atoms with E-state index in [0.717, 1.165) is 0 Å². The lowest BCUT2D eigenvalue weighted by molar-refractivity contribution is -0.156. The molecule has 16 heavy (non-hydrogen) atoms. The van der Waals surface area contributed by atoms with Crippen LogP contribution in [0.5, 0.6) is 0 Å². The third-order valence-electron chi connectivity index (χ3n) is 2.48. The van der Waals surface area contributed by atoms with Gasteiger partial charge in [0.15, 0.2) is 5.96 Å². The summed E-state index contributed by atoms with van der Waals surface area (Å²) in [6.07, 6.45) is 1.36. The summed E-state index contributed by atoms with van der Waals surface area (Å²) in [5, 5.41) is 8.96. The molecule has 0 aromatic heterocycles. The molecule has 0 spiro atoms. The molecule has 0 aromatic rings. The van der Waals surface area contributed by atoms with Crippen LogP contribution in [0.25, 0.3) is 0 Å². The highest BCUT2D eigenvalue weighted by Gasteiger charge is 2.34. The molecule has 1 aliphatic heterocycles. The number of rotatable bonds is 6. The summed E-state index contributed by atoms with van der Waals surface area (Å²) in [5.41, 5.74) is 10.3. The second-order valence-electron chi connectivity index (χ2n) is 3.64. The lowest BCUT2D eigenvalue weighted by Crippen LogP contribution is -2.53. The zero-order valence-electron chi connectivity index (χ0n) is 8.93. The SMILES string of the molecule is NC(N)=NCCC[C@H](C(=O)O)N1CCC1=O. The Labute approximate surface area is 93.1 Å². The number of hydrogen-bond donors (Lipinski definition) is 3. The van der Waals surface area contributed by atoms with Crippen molar-refractivity contribution in [1.82, 2.24) is 4.90 Å². The summed E-state index contributed by atoms with van der Waals surface area (Å²) in [4.78, 5) is 27.2. The van der Waals surface area contributed by atoms with Gasteiger partial charge < -0.3 is 21.5 Å². The second-order valence-corrected chi connectivity index (χ2v) is 3.64. The van der Waals surface area contributed by atoms with Gasteiger partial charge >= 0.3 is 5.97 Å². The van der Waals surface area contributed by atoms with Gasteiger partial charge in [0.25, 0.3) is 0 Å². The standard InChI is InChI=1S/C9H16N4O3/c10-9(11)12-4-1-2-6(8(15)16)13-5-3-7(13)14/h6H,1-5H2,(H,15,16)(H4,10,11,12)/t6-/m1/s1. The second kappa shape index (κ2) is 5.34. The van der Waals surface area contributed by atoms with E-state index >= 15 is 0 Å². The summed E-state index contributed by atoms with van der Waals surface area (Å²) < 4.78 is 0. The number of β-lactam (4-membered cyclic amide) rings is 1. The maximum absolute atomic E-state index is 11.1. The van der Waals surface area contributed by atoms with Crippen molar-refractivity contribution in [3.8, 4) is 0 Å². The lowest BCUT2D eigenvalue weighted by Gasteiger charge is -2.35. The fraction of sp³-hybridized carbons (Fsp3) is 0.667. The number of guanidine groups is 1. The predicted octanol–water partition coefficient (Wildman–Crippen LogP) is -1.27. The quantitative estimate of drug-likeness (QED) is 0.226. The molecule has 1 heterocycles. The van der Waals surface area contributed by atoms with Crippen LogP contribution in [-0.4, -0.2) is 47.0 Å². The van der Waals surface area contributed by atoms with E-state index in [2.05, 4.69) is 4.99 Å². The first kappa shape index (κ1) is 12.3. The Morgan fingerprint density at radius 2 is 2.25 bits per heavy atom. The highest BCUT2D eigenvalue weighted by atomic mass is 16.4. The maximum Gasteiger partial charge on any atom is 0.326 e. The number of likely N-dealkylation sites (tertiary alicyclic amines) is 1. The first-order chi connectivity index (χ1) is 7.52. The van der Waals surface area contributed by atoms with Crippen LogP contribution in [0.3, 0.4) is 0 Å². The van der Waals surface area contributed by atoms with Crippen molar-refractivity contribution in [2.45, 2.75) is 25.3 Å². The summed E-state index contributed by atoms with van der Waals surface area (Å²) in [6.45, 7) is 0.909. The van der Waals surface area contributed by atoms with E-state index in [1.165, 1.54) is 4.90 Å². The molecule has 1 aliphatic rings. The monoisotopic (exact) mass is 228 g/mol. The van der Waals surface area contributed by atoms with E-state index in [-0.39, 0.29) is 11.9 Å². The Hall–Kier alpha value is -1.79. The van der Waals surface area contributed by atoms with Crippen molar-refractivity contribution in [3.05, 3.63) is 0 Å². The van der Waals surface area contributed by atoms with Crippen LogP contribution in [0.2, 0.25) is 0 Å². The number of aliphatic imine (C=N–C) groups is 1. The molecular formula is C9H16N4O3. The van der Waals surface area contributed by atoms with E-state index in [1.807, 2.05) is 0 Å². The number of amides is 1. The third-order valence-corrected chi connectivity index (χ3v) is 2.48. The number of carboxylic acid groups (broad SMARTS) is 1. The number of carboxylic acids is 1. The molecule has 1 saturated heterocycles. The minimum atomic E-state index is -0.974. The van der Waals surface area contributed by atoms with Crippen LogP contribution >= 0.6 is 0 Å². The number of nitrogens with zero attached hydrogens (tertiary/aromatic N) is 2. The molecule has 0 bridgehead atoms. The number of aliphatic carboxylic acids is 1. The van der Waals surface area contributed by atoms with Gasteiger partial charge in [-0.15, -0.1) is 0 Å². The van der Waals surface area contributed by atoms with Crippen molar-refractivity contribution in [3.63, 3.8) is 0 Å². The topological polar surface area (TPSA) is 122 Å². The summed E-state index contributed by atoms with van der Waals surface area (Å²) in [7, 11) is 0. The molecule has 0 radical (unpaired) electrons. The van der Waals surface area contributed by atoms with E-state index in [1.54, 1.807) is 0 Å². The summed E-state index contributed by atoms with van der Waals surface area (Å²) in [5.74, 6) is -1.08. The van der Waals surface area contributed by atoms with Gasteiger partial charge in [-0.3, -0.25) is 9.79 Å². The van der Waals surface area contributed by atoms with Crippen LogP contribution in [0.4, 0.5) is 0 Å². The molecule has 0 aliphatic carbocycles. The molecular weight excluding hydrogens is 212 g/mol. The molecule has 90 valence electrons. The van der Waals surface area contributed by atoms with Crippen molar-refractivity contribution in [2.24, 2.45) is 16.5 Å². The largest absolute Gasteiger partial charge is 0.480 e. The maximum atomic E-state index is 11.1. The smallest absolute Gasteiger partial charge is 0.326 e. The molecule has 1 fully saturated rings. The molecule has 1 rings (SSSR count). The zero-order valence-corrected chi connectivity index (χ0v) is 8.93. The van der Waals surface area contributed by atoms with Gasteiger partial charge in [0.2, 0.25) is 5.91 Å². The molecule has 7 heteroatoms. The minimum absolute atomic E-state index is 0.00750. The molecule has 0 aromatic carbocycles. The minimum Gasteiger partial charge on any atom is -0.480 e. The highest BCUT2D eigenvalue weighted by Crippen LogP contribution is 2.17. The first-order valence-electron chi connectivity index (χ1n) is 5.10. The van der Waals surface area contributed by atoms with Gasteiger partial charge in [-0.2, -0.15) is 0 Å². The van der Waals surface area contributed by atoms with E-state index in [9.17, 15) is 9.59 Å². The molecule has 1 atom stereocenters. The average molecular weight is 228 g/mol. The van der Waals surface area contributed by atoms with Gasteiger partial charge in [-0.25, -0.2) is 4.79 Å². The van der Waals surface area contributed by atoms with Crippen molar-refractivity contribution < 1.29 is 14.7 Å². The number of hydrogen-bond acceptors (Lipinski definition) is 3. The number of nitrogens with two attached hydrogens (primary N) is 2. The lowest BCUT2D eigenvalue weighted by atomic mass is 10.0. The van der Waals surface area contributed by atoms with Crippen LogP contribution < -0.4 is 11.5 Å². The first-order valence-corrected chi connectivity index (χ1v) is 5.10. The third kappa shape index (κ3) is 3.11. The van der Waals surface area contributed by atoms with Crippen LogP contribution in [0.15, 0.2) is 4.99 Å². The number of carbonyl (C=O) groups excluding carboxylic acids is 1. The fourth-order valence-electron chi connectivity index (χ4n) is 1.57. The van der Waals surface area contributed by atoms with Gasteiger partial charge in [0.1, 0.15) is 6.04 Å². The van der Waals surface area contributed by atoms with E-state index in [4.69, 9.17) is 16.6 Å². The Morgan fingerprint density at radius 3 is 2.62 bits per heavy atom. The van der Waals surface area contributed by atoms with Crippen LogP contribution in [-0.2, 0) is 9.59 Å². The van der Waals surface area contributed by atoms with E-state index < -0.39 is 12.0 Å².